The first-order valence-electron chi connectivity index (χ1n) is 6.52. The number of carboxylic acid groups (broad SMARTS) is 1. The number of carbonyl (C=O) groups is 2. The van der Waals surface area contributed by atoms with Gasteiger partial charge in [0.25, 0.3) is 5.91 Å². The standard InChI is InChI=1S/C13H23NO4/c1-9-5-4-6-11(7-9)18-10(2)13(17)14(3)8-12(15)16/h9-11H,4-8H2,1-3H3,(H,15,16). The minimum Gasteiger partial charge on any atom is -0.480 e. The highest BCUT2D eigenvalue weighted by Crippen LogP contribution is 2.26. The lowest BCUT2D eigenvalue weighted by Gasteiger charge is -2.30. The van der Waals surface area contributed by atoms with E-state index in [1.54, 1.807) is 6.92 Å². The summed E-state index contributed by atoms with van der Waals surface area (Å²) in [5, 5.41) is 8.64. The van der Waals surface area contributed by atoms with Gasteiger partial charge in [-0.1, -0.05) is 19.8 Å². The Kier molecular flexibility index (Phi) is 5.59. The van der Waals surface area contributed by atoms with E-state index in [-0.39, 0.29) is 18.6 Å². The lowest BCUT2D eigenvalue weighted by Crippen LogP contribution is -2.41. The van der Waals surface area contributed by atoms with Gasteiger partial charge in [-0.3, -0.25) is 9.59 Å². The lowest BCUT2D eigenvalue weighted by atomic mass is 9.88. The topological polar surface area (TPSA) is 66.8 Å². The third kappa shape index (κ3) is 4.64. The summed E-state index contributed by atoms with van der Waals surface area (Å²) in [4.78, 5) is 23.6. The van der Waals surface area contributed by atoms with Crippen molar-refractivity contribution < 1.29 is 19.4 Å². The van der Waals surface area contributed by atoms with Crippen LogP contribution < -0.4 is 0 Å². The van der Waals surface area contributed by atoms with E-state index in [1.807, 2.05) is 0 Å². The summed E-state index contributed by atoms with van der Waals surface area (Å²) >= 11 is 0. The molecule has 1 amide bonds. The van der Waals surface area contributed by atoms with Gasteiger partial charge in [-0.15, -0.1) is 0 Å². The SMILES string of the molecule is CC1CCCC(OC(C)C(=O)N(C)CC(=O)O)C1. The third-order valence-electron chi connectivity index (χ3n) is 3.38. The Bertz CT molecular complexity index is 305. The Morgan fingerprint density at radius 3 is 2.67 bits per heavy atom. The summed E-state index contributed by atoms with van der Waals surface area (Å²) in [7, 11) is 1.49. The molecule has 0 spiro atoms. The second-order valence-electron chi connectivity index (χ2n) is 5.26. The molecule has 0 aromatic rings. The summed E-state index contributed by atoms with van der Waals surface area (Å²) in [6.45, 7) is 3.60. The van der Waals surface area contributed by atoms with Crippen molar-refractivity contribution in [1.82, 2.24) is 4.90 Å². The largest absolute Gasteiger partial charge is 0.480 e. The Hall–Kier alpha value is -1.10. The number of carboxylic acids is 1. The lowest BCUT2D eigenvalue weighted by molar-refractivity contribution is -0.152. The van der Waals surface area contributed by atoms with Crippen LogP contribution in [0.1, 0.15) is 39.5 Å². The van der Waals surface area contributed by atoms with Crippen LogP contribution in [0.5, 0.6) is 0 Å². The van der Waals surface area contributed by atoms with Crippen molar-refractivity contribution >= 4 is 11.9 Å². The van der Waals surface area contributed by atoms with Crippen molar-refractivity contribution in [3.05, 3.63) is 0 Å². The van der Waals surface area contributed by atoms with Gasteiger partial charge in [0.05, 0.1) is 6.10 Å². The molecule has 0 radical (unpaired) electrons. The van der Waals surface area contributed by atoms with Gasteiger partial charge >= 0.3 is 5.97 Å². The number of ether oxygens (including phenoxy) is 1. The number of rotatable bonds is 5. The molecule has 0 heterocycles. The monoisotopic (exact) mass is 257 g/mol. The molecular weight excluding hydrogens is 234 g/mol. The van der Waals surface area contributed by atoms with Crippen LogP contribution in [0.4, 0.5) is 0 Å². The zero-order valence-corrected chi connectivity index (χ0v) is 11.4. The first-order valence-corrected chi connectivity index (χ1v) is 6.52. The molecule has 3 unspecified atom stereocenters. The third-order valence-corrected chi connectivity index (χ3v) is 3.38. The molecule has 1 N–H and O–H groups in total. The maximum Gasteiger partial charge on any atom is 0.323 e. The van der Waals surface area contributed by atoms with E-state index in [9.17, 15) is 9.59 Å². The molecule has 0 bridgehead atoms. The molecule has 1 rings (SSSR count). The average Bonchev–Trinajstić information content (AvgIpc) is 2.27. The zero-order valence-electron chi connectivity index (χ0n) is 11.4. The van der Waals surface area contributed by atoms with Crippen LogP contribution in [-0.2, 0) is 14.3 Å². The molecule has 1 aliphatic rings. The van der Waals surface area contributed by atoms with Crippen molar-refractivity contribution in [2.45, 2.75) is 51.7 Å². The molecule has 18 heavy (non-hydrogen) atoms. The summed E-state index contributed by atoms with van der Waals surface area (Å²) in [6.07, 6.45) is 3.90. The predicted molar refractivity (Wildman–Crippen MR) is 67.2 cm³/mol. The fraction of sp³-hybridized carbons (Fsp3) is 0.846. The number of aliphatic carboxylic acids is 1. The molecule has 0 aliphatic heterocycles. The molecule has 104 valence electrons. The van der Waals surface area contributed by atoms with Crippen LogP contribution >= 0.6 is 0 Å². The minimum absolute atomic E-state index is 0.130. The van der Waals surface area contributed by atoms with Gasteiger partial charge in [-0.2, -0.15) is 0 Å². The smallest absolute Gasteiger partial charge is 0.323 e. The molecule has 5 heteroatoms. The van der Waals surface area contributed by atoms with E-state index in [0.717, 1.165) is 19.3 Å². The average molecular weight is 257 g/mol. The van der Waals surface area contributed by atoms with Gasteiger partial charge in [0.15, 0.2) is 0 Å². The number of carbonyl (C=O) groups excluding carboxylic acids is 1. The molecule has 0 saturated heterocycles. The van der Waals surface area contributed by atoms with E-state index in [4.69, 9.17) is 9.84 Å². The summed E-state index contributed by atoms with van der Waals surface area (Å²) in [5.41, 5.74) is 0. The molecule has 0 aromatic carbocycles. The molecule has 3 atom stereocenters. The molecule has 5 nitrogen and oxygen atoms in total. The molecule has 0 aromatic heterocycles. The second kappa shape index (κ2) is 6.73. The molecule has 1 fully saturated rings. The van der Waals surface area contributed by atoms with Gasteiger partial charge in [-0.25, -0.2) is 0 Å². The van der Waals surface area contributed by atoms with Crippen LogP contribution in [0.2, 0.25) is 0 Å². The van der Waals surface area contributed by atoms with Crippen molar-refractivity contribution in [2.24, 2.45) is 5.92 Å². The highest BCUT2D eigenvalue weighted by atomic mass is 16.5. The quantitative estimate of drug-likeness (QED) is 0.810. The van der Waals surface area contributed by atoms with Crippen LogP contribution in [0, 0.1) is 5.92 Å². The zero-order chi connectivity index (χ0) is 13.7. The Morgan fingerprint density at radius 2 is 2.11 bits per heavy atom. The van der Waals surface area contributed by atoms with Crippen LogP contribution in [0.15, 0.2) is 0 Å². The number of hydrogen-bond donors (Lipinski definition) is 1. The van der Waals surface area contributed by atoms with Gasteiger partial charge < -0.3 is 14.7 Å². The minimum atomic E-state index is -1.01. The molecular formula is C13H23NO4. The Labute approximate surface area is 108 Å². The fourth-order valence-electron chi connectivity index (χ4n) is 2.44. The van der Waals surface area contributed by atoms with Crippen molar-refractivity contribution in [3.63, 3.8) is 0 Å². The van der Waals surface area contributed by atoms with Crippen LogP contribution in [-0.4, -0.2) is 47.7 Å². The van der Waals surface area contributed by atoms with E-state index in [0.29, 0.717) is 5.92 Å². The van der Waals surface area contributed by atoms with Gasteiger partial charge in [0, 0.05) is 7.05 Å². The first-order chi connectivity index (χ1) is 8.40. The van der Waals surface area contributed by atoms with Gasteiger partial charge in [-0.05, 0) is 25.7 Å². The number of hydrogen-bond acceptors (Lipinski definition) is 3. The van der Waals surface area contributed by atoms with Crippen LogP contribution in [0.25, 0.3) is 0 Å². The molecule has 1 saturated carbocycles. The Balaban J connectivity index is 2.41. The summed E-state index contributed by atoms with van der Waals surface area (Å²) < 4.78 is 5.74. The number of nitrogens with zero attached hydrogens (tertiary/aromatic N) is 1. The van der Waals surface area contributed by atoms with E-state index >= 15 is 0 Å². The van der Waals surface area contributed by atoms with E-state index in [1.165, 1.54) is 18.4 Å². The molecule has 1 aliphatic carbocycles. The number of amides is 1. The highest BCUT2D eigenvalue weighted by Gasteiger charge is 2.26. The maximum absolute atomic E-state index is 11.9. The summed E-state index contributed by atoms with van der Waals surface area (Å²) in [5.74, 6) is -0.636. The van der Waals surface area contributed by atoms with Crippen LogP contribution in [0.3, 0.4) is 0 Å². The van der Waals surface area contributed by atoms with Gasteiger partial charge in [0.1, 0.15) is 12.6 Å². The normalized spacial score (nSPS) is 25.5. The van der Waals surface area contributed by atoms with Gasteiger partial charge in [0.2, 0.25) is 0 Å². The fourth-order valence-corrected chi connectivity index (χ4v) is 2.44. The van der Waals surface area contributed by atoms with Crippen molar-refractivity contribution in [3.8, 4) is 0 Å². The maximum atomic E-state index is 11.9. The van der Waals surface area contributed by atoms with Crippen molar-refractivity contribution in [2.75, 3.05) is 13.6 Å². The van der Waals surface area contributed by atoms with E-state index in [2.05, 4.69) is 6.92 Å². The number of likely N-dealkylation sites (N-methyl/N-ethyl adjacent to an activating group) is 1. The van der Waals surface area contributed by atoms with Crippen molar-refractivity contribution in [1.29, 1.82) is 0 Å². The second-order valence-corrected chi connectivity index (χ2v) is 5.26. The summed E-state index contributed by atoms with van der Waals surface area (Å²) in [6, 6.07) is 0. The predicted octanol–water partition coefficient (Wildman–Crippen LogP) is 1.51. The van der Waals surface area contributed by atoms with E-state index < -0.39 is 12.1 Å². The first kappa shape index (κ1) is 15.0. The highest BCUT2D eigenvalue weighted by molar-refractivity contribution is 5.84. The Morgan fingerprint density at radius 1 is 1.44 bits per heavy atom.